The standard InChI is InChI=1S/C17H19FN2O4/c1-22-13-8-12(14(19)16(24-3)15(13)23-2)17(21)20-9-10-4-6-11(18)7-5-10/h4-8H,9,19H2,1-3H3,(H,20,21). The summed E-state index contributed by atoms with van der Waals surface area (Å²) in [6, 6.07) is 7.32. The molecule has 0 saturated carbocycles. The largest absolute Gasteiger partial charge is 0.493 e. The molecule has 0 radical (unpaired) electrons. The van der Waals surface area contributed by atoms with Crippen LogP contribution in [0, 0.1) is 5.82 Å². The van der Waals surface area contributed by atoms with E-state index in [1.165, 1.54) is 39.5 Å². The zero-order valence-electron chi connectivity index (χ0n) is 13.7. The number of halogens is 1. The van der Waals surface area contributed by atoms with Crippen molar-refractivity contribution in [1.29, 1.82) is 0 Å². The van der Waals surface area contributed by atoms with E-state index in [9.17, 15) is 9.18 Å². The van der Waals surface area contributed by atoms with Gasteiger partial charge in [0, 0.05) is 6.54 Å². The summed E-state index contributed by atoms with van der Waals surface area (Å²) in [6.07, 6.45) is 0. The minimum atomic E-state index is -0.406. The second kappa shape index (κ2) is 7.54. The van der Waals surface area contributed by atoms with Crippen LogP contribution in [0.3, 0.4) is 0 Å². The molecule has 3 N–H and O–H groups in total. The lowest BCUT2D eigenvalue weighted by Gasteiger charge is -2.17. The normalized spacial score (nSPS) is 10.2. The van der Waals surface area contributed by atoms with E-state index in [0.717, 1.165) is 5.56 Å². The molecule has 6 nitrogen and oxygen atoms in total. The van der Waals surface area contributed by atoms with Crippen LogP contribution in [-0.2, 0) is 6.54 Å². The van der Waals surface area contributed by atoms with Crippen molar-refractivity contribution in [3.63, 3.8) is 0 Å². The number of benzene rings is 2. The average molecular weight is 334 g/mol. The molecule has 0 aromatic heterocycles. The van der Waals surface area contributed by atoms with Gasteiger partial charge in [0.1, 0.15) is 5.82 Å². The summed E-state index contributed by atoms with van der Waals surface area (Å²) in [4.78, 5) is 12.4. The summed E-state index contributed by atoms with van der Waals surface area (Å²) in [6.45, 7) is 0.231. The maximum Gasteiger partial charge on any atom is 0.253 e. The summed E-state index contributed by atoms with van der Waals surface area (Å²) in [5.74, 6) is 0.127. The number of methoxy groups -OCH3 is 3. The van der Waals surface area contributed by atoms with Crippen LogP contribution in [0.1, 0.15) is 15.9 Å². The number of hydrogen-bond donors (Lipinski definition) is 2. The van der Waals surface area contributed by atoms with Gasteiger partial charge in [-0.2, -0.15) is 0 Å². The van der Waals surface area contributed by atoms with E-state index in [-0.39, 0.29) is 29.4 Å². The molecule has 0 fully saturated rings. The third-order valence-corrected chi connectivity index (χ3v) is 3.48. The van der Waals surface area contributed by atoms with Crippen LogP contribution < -0.4 is 25.3 Å². The highest BCUT2D eigenvalue weighted by Gasteiger charge is 2.22. The van der Waals surface area contributed by atoms with Crippen LogP contribution in [0.15, 0.2) is 30.3 Å². The highest BCUT2D eigenvalue weighted by atomic mass is 19.1. The van der Waals surface area contributed by atoms with Crippen LogP contribution in [0.4, 0.5) is 10.1 Å². The quantitative estimate of drug-likeness (QED) is 0.793. The lowest BCUT2D eigenvalue weighted by Crippen LogP contribution is -2.24. The average Bonchev–Trinajstić information content (AvgIpc) is 2.60. The van der Waals surface area contributed by atoms with Crippen LogP contribution in [0.5, 0.6) is 17.2 Å². The number of hydrogen-bond acceptors (Lipinski definition) is 5. The molecule has 0 saturated heterocycles. The SMILES string of the molecule is COc1cc(C(=O)NCc2ccc(F)cc2)c(N)c(OC)c1OC. The fraction of sp³-hybridized carbons (Fsp3) is 0.235. The van der Waals surface area contributed by atoms with Crippen molar-refractivity contribution < 1.29 is 23.4 Å². The van der Waals surface area contributed by atoms with Gasteiger partial charge >= 0.3 is 0 Å². The van der Waals surface area contributed by atoms with E-state index in [2.05, 4.69) is 5.32 Å². The lowest BCUT2D eigenvalue weighted by atomic mass is 10.1. The van der Waals surface area contributed by atoms with Crippen molar-refractivity contribution in [1.82, 2.24) is 5.32 Å². The van der Waals surface area contributed by atoms with E-state index >= 15 is 0 Å². The van der Waals surface area contributed by atoms with E-state index in [4.69, 9.17) is 19.9 Å². The summed E-state index contributed by atoms with van der Waals surface area (Å²) in [5.41, 5.74) is 7.12. The molecule has 2 aromatic rings. The van der Waals surface area contributed by atoms with Gasteiger partial charge in [-0.15, -0.1) is 0 Å². The molecule has 0 aliphatic rings. The monoisotopic (exact) mass is 334 g/mol. The molecule has 0 spiro atoms. The smallest absolute Gasteiger partial charge is 0.253 e. The third kappa shape index (κ3) is 3.51. The predicted molar refractivity (Wildman–Crippen MR) is 88.1 cm³/mol. The van der Waals surface area contributed by atoms with Crippen molar-refractivity contribution in [2.45, 2.75) is 6.54 Å². The Morgan fingerprint density at radius 1 is 1.08 bits per heavy atom. The highest BCUT2D eigenvalue weighted by Crippen LogP contribution is 2.43. The number of carbonyl (C=O) groups excluding carboxylic acids is 1. The maximum absolute atomic E-state index is 12.9. The highest BCUT2D eigenvalue weighted by molar-refractivity contribution is 6.01. The van der Waals surface area contributed by atoms with Crippen molar-refractivity contribution >= 4 is 11.6 Å². The first-order valence-corrected chi connectivity index (χ1v) is 7.12. The molecular formula is C17H19FN2O4. The Labute approximate surface area is 139 Å². The molecule has 128 valence electrons. The first-order valence-electron chi connectivity index (χ1n) is 7.12. The summed E-state index contributed by atoms with van der Waals surface area (Å²) >= 11 is 0. The predicted octanol–water partition coefficient (Wildman–Crippen LogP) is 2.36. The van der Waals surface area contributed by atoms with E-state index < -0.39 is 5.91 Å². The van der Waals surface area contributed by atoms with Gasteiger partial charge in [0.25, 0.3) is 5.91 Å². The Hall–Kier alpha value is -2.96. The van der Waals surface area contributed by atoms with Crippen LogP contribution in [0.2, 0.25) is 0 Å². The first kappa shape index (κ1) is 17.4. The Morgan fingerprint density at radius 2 is 1.71 bits per heavy atom. The second-order valence-electron chi connectivity index (χ2n) is 4.92. The molecule has 0 aliphatic carbocycles. The number of carbonyl (C=O) groups is 1. The van der Waals surface area contributed by atoms with Gasteiger partial charge < -0.3 is 25.3 Å². The molecule has 0 atom stereocenters. The topological polar surface area (TPSA) is 82.8 Å². The van der Waals surface area contributed by atoms with E-state index in [1.807, 2.05) is 0 Å². The van der Waals surface area contributed by atoms with Crippen LogP contribution >= 0.6 is 0 Å². The van der Waals surface area contributed by atoms with Gasteiger partial charge in [0.15, 0.2) is 11.5 Å². The van der Waals surface area contributed by atoms with Crippen molar-refractivity contribution in [2.24, 2.45) is 0 Å². The van der Waals surface area contributed by atoms with Crippen molar-refractivity contribution in [3.8, 4) is 17.2 Å². The van der Waals surface area contributed by atoms with Gasteiger partial charge in [-0.05, 0) is 23.8 Å². The number of ether oxygens (including phenoxy) is 3. The number of nitrogens with two attached hydrogens (primary N) is 1. The molecule has 1 amide bonds. The van der Waals surface area contributed by atoms with E-state index in [1.54, 1.807) is 12.1 Å². The van der Waals surface area contributed by atoms with Gasteiger partial charge in [-0.1, -0.05) is 12.1 Å². The molecule has 0 aliphatic heterocycles. The van der Waals surface area contributed by atoms with Crippen molar-refractivity contribution in [2.75, 3.05) is 27.1 Å². The number of amides is 1. The molecule has 0 bridgehead atoms. The number of nitrogen functional groups attached to an aromatic ring is 1. The van der Waals surface area contributed by atoms with Crippen LogP contribution in [-0.4, -0.2) is 27.2 Å². The minimum absolute atomic E-state index is 0.145. The maximum atomic E-state index is 12.9. The molecule has 2 rings (SSSR count). The Balaban J connectivity index is 2.26. The van der Waals surface area contributed by atoms with Crippen molar-refractivity contribution in [3.05, 3.63) is 47.3 Å². The Kier molecular flexibility index (Phi) is 5.47. The summed E-state index contributed by atoms with van der Waals surface area (Å²) < 4.78 is 28.6. The zero-order chi connectivity index (χ0) is 17.7. The fourth-order valence-corrected chi connectivity index (χ4v) is 2.25. The fourth-order valence-electron chi connectivity index (χ4n) is 2.25. The van der Waals surface area contributed by atoms with Gasteiger partial charge in [-0.25, -0.2) is 4.39 Å². The number of rotatable bonds is 6. The van der Waals surface area contributed by atoms with Gasteiger partial charge in [0.2, 0.25) is 5.75 Å². The van der Waals surface area contributed by atoms with E-state index in [0.29, 0.717) is 11.5 Å². The third-order valence-electron chi connectivity index (χ3n) is 3.48. The molecular weight excluding hydrogens is 315 g/mol. The second-order valence-corrected chi connectivity index (χ2v) is 4.92. The molecule has 24 heavy (non-hydrogen) atoms. The zero-order valence-corrected chi connectivity index (χ0v) is 13.7. The Morgan fingerprint density at radius 3 is 2.25 bits per heavy atom. The Bertz CT molecular complexity index is 732. The first-order chi connectivity index (χ1) is 11.5. The van der Waals surface area contributed by atoms with Gasteiger partial charge in [0.05, 0.1) is 32.6 Å². The van der Waals surface area contributed by atoms with Gasteiger partial charge in [-0.3, -0.25) is 4.79 Å². The molecule has 0 unspecified atom stereocenters. The molecule has 7 heteroatoms. The summed E-state index contributed by atoms with van der Waals surface area (Å²) in [7, 11) is 4.33. The summed E-state index contributed by atoms with van der Waals surface area (Å²) in [5, 5.41) is 2.72. The molecule has 2 aromatic carbocycles. The minimum Gasteiger partial charge on any atom is -0.493 e. The molecule has 0 heterocycles. The number of nitrogens with one attached hydrogen (secondary N) is 1. The lowest BCUT2D eigenvalue weighted by molar-refractivity contribution is 0.0951. The van der Waals surface area contributed by atoms with Crippen LogP contribution in [0.25, 0.3) is 0 Å². The number of anilines is 1.